The van der Waals surface area contributed by atoms with Crippen LogP contribution in [0, 0.1) is 33.5 Å². The van der Waals surface area contributed by atoms with Crippen LogP contribution in [0.5, 0.6) is 0 Å². The van der Waals surface area contributed by atoms with Crippen molar-refractivity contribution in [3.63, 3.8) is 0 Å². The lowest BCUT2D eigenvalue weighted by atomic mass is 9.43. The Morgan fingerprint density at radius 3 is 2.33 bits per heavy atom. The fraction of sp³-hybridized carbons (Fsp3) is 0.867. The number of hydrogen-bond donors (Lipinski definition) is 3. The Morgan fingerprint density at radius 2 is 1.70 bits per heavy atom. The van der Waals surface area contributed by atoms with Crippen molar-refractivity contribution in [2.45, 2.75) is 131 Å². The first-order valence-corrected chi connectivity index (χ1v) is 13.6. The predicted octanol–water partition coefficient (Wildman–Crippen LogP) is 6.56. The van der Waals surface area contributed by atoms with E-state index in [0.717, 1.165) is 44.9 Å². The van der Waals surface area contributed by atoms with Gasteiger partial charge in [-0.1, -0.05) is 70.8 Å². The zero-order valence-corrected chi connectivity index (χ0v) is 22.6. The van der Waals surface area contributed by atoms with Crippen LogP contribution in [0.1, 0.15) is 113 Å². The third-order valence-corrected chi connectivity index (χ3v) is 11.2. The van der Waals surface area contributed by atoms with Crippen LogP contribution in [0.15, 0.2) is 22.8 Å². The fourth-order valence-electron chi connectivity index (χ4n) is 9.14. The Kier molecular flexibility index (Phi) is 6.12. The van der Waals surface area contributed by atoms with Crippen molar-refractivity contribution >= 4 is 0 Å². The molecular formula is C30H50O3. The van der Waals surface area contributed by atoms with E-state index in [4.69, 9.17) is 0 Å². The van der Waals surface area contributed by atoms with Gasteiger partial charge in [0.2, 0.25) is 0 Å². The van der Waals surface area contributed by atoms with Gasteiger partial charge < -0.3 is 15.3 Å². The first kappa shape index (κ1) is 25.5. The molecule has 188 valence electrons. The van der Waals surface area contributed by atoms with Crippen molar-refractivity contribution in [3.8, 4) is 0 Å². The molecule has 4 aliphatic rings. The molecule has 1 saturated carbocycles. The largest absolute Gasteiger partial charge is 0.390 e. The molecule has 0 spiro atoms. The molecule has 0 amide bonds. The van der Waals surface area contributed by atoms with Gasteiger partial charge in [0.25, 0.3) is 0 Å². The van der Waals surface area contributed by atoms with Crippen LogP contribution in [0.4, 0.5) is 0 Å². The number of aliphatic hydroxyl groups is 3. The molecule has 4 aliphatic carbocycles. The van der Waals surface area contributed by atoms with Crippen LogP contribution < -0.4 is 0 Å². The Morgan fingerprint density at radius 1 is 1.03 bits per heavy atom. The minimum Gasteiger partial charge on any atom is -0.390 e. The molecule has 0 aromatic heterocycles. The standard InChI is InChI=1S/C30H50O3/c1-19(10-9-15-26(2,3)33)20-13-16-30(8)22-11-12-24-27(4,5)25(32)23(31)18-28(24,6)21(22)14-17-29(20,30)7/h13,19,23-25,31-33H,9-12,14-18H2,1-8H3/t19-,23-,24+,25+,28-,29-,30+/m1/s1. The normalized spacial score (nSPS) is 43.5. The van der Waals surface area contributed by atoms with E-state index in [0.29, 0.717) is 18.3 Å². The number of aliphatic hydroxyl groups excluding tert-OH is 2. The van der Waals surface area contributed by atoms with Crippen molar-refractivity contribution in [1.29, 1.82) is 0 Å². The van der Waals surface area contributed by atoms with Gasteiger partial charge >= 0.3 is 0 Å². The van der Waals surface area contributed by atoms with Crippen LogP contribution >= 0.6 is 0 Å². The third-order valence-electron chi connectivity index (χ3n) is 11.2. The van der Waals surface area contributed by atoms with E-state index in [1.807, 2.05) is 13.8 Å². The van der Waals surface area contributed by atoms with Crippen molar-refractivity contribution in [1.82, 2.24) is 0 Å². The van der Waals surface area contributed by atoms with Crippen LogP contribution in [0.3, 0.4) is 0 Å². The van der Waals surface area contributed by atoms with E-state index < -0.39 is 17.8 Å². The van der Waals surface area contributed by atoms with Crippen LogP contribution in [-0.4, -0.2) is 33.1 Å². The van der Waals surface area contributed by atoms with Crippen LogP contribution in [0.2, 0.25) is 0 Å². The summed E-state index contributed by atoms with van der Waals surface area (Å²) in [6.45, 7) is 18.0. The van der Waals surface area contributed by atoms with E-state index in [1.54, 1.807) is 16.7 Å². The topological polar surface area (TPSA) is 60.7 Å². The minimum atomic E-state index is -0.637. The summed E-state index contributed by atoms with van der Waals surface area (Å²) in [5.41, 5.74) is 4.48. The highest BCUT2D eigenvalue weighted by atomic mass is 16.3. The maximum Gasteiger partial charge on any atom is 0.0853 e. The molecule has 0 heterocycles. The summed E-state index contributed by atoms with van der Waals surface area (Å²) >= 11 is 0. The van der Waals surface area contributed by atoms with Crippen molar-refractivity contribution in [2.75, 3.05) is 0 Å². The third kappa shape index (κ3) is 3.71. The van der Waals surface area contributed by atoms with Crippen molar-refractivity contribution in [2.24, 2.45) is 33.5 Å². The van der Waals surface area contributed by atoms with E-state index >= 15 is 0 Å². The molecule has 1 fully saturated rings. The number of hydrogen-bond acceptors (Lipinski definition) is 3. The van der Waals surface area contributed by atoms with Gasteiger partial charge in [0.1, 0.15) is 0 Å². The zero-order valence-electron chi connectivity index (χ0n) is 22.6. The van der Waals surface area contributed by atoms with Gasteiger partial charge in [-0.05, 0) is 93.3 Å². The summed E-state index contributed by atoms with van der Waals surface area (Å²) in [5.74, 6) is 0.975. The Balaban J connectivity index is 1.63. The molecular weight excluding hydrogens is 408 g/mol. The summed E-state index contributed by atoms with van der Waals surface area (Å²) in [7, 11) is 0. The number of allylic oxidation sites excluding steroid dienone is 4. The predicted molar refractivity (Wildman–Crippen MR) is 136 cm³/mol. The fourth-order valence-corrected chi connectivity index (χ4v) is 9.14. The quantitative estimate of drug-likeness (QED) is 0.409. The van der Waals surface area contributed by atoms with Crippen molar-refractivity contribution in [3.05, 3.63) is 22.8 Å². The van der Waals surface area contributed by atoms with E-state index in [-0.39, 0.29) is 21.7 Å². The molecule has 0 saturated heterocycles. The van der Waals surface area contributed by atoms with Gasteiger partial charge in [-0.15, -0.1) is 0 Å². The lowest BCUT2D eigenvalue weighted by Crippen LogP contribution is -2.59. The first-order chi connectivity index (χ1) is 15.1. The minimum absolute atomic E-state index is 0.0128. The van der Waals surface area contributed by atoms with Crippen LogP contribution in [0.25, 0.3) is 0 Å². The van der Waals surface area contributed by atoms with Gasteiger partial charge in [0.15, 0.2) is 0 Å². The molecule has 3 nitrogen and oxygen atoms in total. The number of fused-ring (bicyclic) bond motifs is 4. The van der Waals surface area contributed by atoms with E-state index in [2.05, 4.69) is 47.6 Å². The lowest BCUT2D eigenvalue weighted by Gasteiger charge is -2.62. The molecule has 4 rings (SSSR count). The highest BCUT2D eigenvalue weighted by Crippen LogP contribution is 2.71. The molecule has 0 unspecified atom stereocenters. The highest BCUT2D eigenvalue weighted by molar-refractivity contribution is 5.44. The Labute approximate surface area is 202 Å². The second-order valence-corrected chi connectivity index (χ2v) is 14.1. The van der Waals surface area contributed by atoms with Gasteiger partial charge in [-0.25, -0.2) is 0 Å². The van der Waals surface area contributed by atoms with E-state index in [1.165, 1.54) is 6.42 Å². The average Bonchev–Trinajstić information content (AvgIpc) is 2.97. The molecule has 33 heavy (non-hydrogen) atoms. The summed E-state index contributed by atoms with van der Waals surface area (Å²) in [6, 6.07) is 0. The smallest absolute Gasteiger partial charge is 0.0853 e. The molecule has 0 aromatic rings. The summed E-state index contributed by atoms with van der Waals surface area (Å²) < 4.78 is 0. The molecule has 3 N–H and O–H groups in total. The number of rotatable bonds is 5. The highest BCUT2D eigenvalue weighted by Gasteiger charge is 2.62. The summed E-state index contributed by atoms with van der Waals surface area (Å²) in [4.78, 5) is 0. The monoisotopic (exact) mass is 458 g/mol. The summed E-state index contributed by atoms with van der Waals surface area (Å²) in [5, 5.41) is 31.8. The molecule has 0 aliphatic heterocycles. The molecule has 0 bridgehead atoms. The van der Waals surface area contributed by atoms with Gasteiger partial charge in [-0.2, -0.15) is 0 Å². The molecule has 0 radical (unpaired) electrons. The molecule has 3 heteroatoms. The lowest BCUT2D eigenvalue weighted by molar-refractivity contribution is -0.157. The van der Waals surface area contributed by atoms with Gasteiger partial charge in [0.05, 0.1) is 17.8 Å². The SMILES string of the molecule is C[C@H](CCCC(C)(C)O)C1=CC[C@@]2(C)C3=C(CC[C@]12C)[C@@]1(C)C[C@@H](O)[C@H](O)C(C)(C)[C@@H]1CC3. The second kappa shape index (κ2) is 7.93. The van der Waals surface area contributed by atoms with E-state index in [9.17, 15) is 15.3 Å². The Bertz CT molecular complexity index is 845. The maximum atomic E-state index is 10.9. The Hall–Kier alpha value is -0.640. The van der Waals surface area contributed by atoms with Crippen LogP contribution in [-0.2, 0) is 0 Å². The molecule has 7 atom stereocenters. The second-order valence-electron chi connectivity index (χ2n) is 14.1. The average molecular weight is 459 g/mol. The zero-order chi connectivity index (χ0) is 24.6. The first-order valence-electron chi connectivity index (χ1n) is 13.6. The maximum absolute atomic E-state index is 10.9. The summed E-state index contributed by atoms with van der Waals surface area (Å²) in [6.07, 6.45) is 10.8. The van der Waals surface area contributed by atoms with Gasteiger partial charge in [-0.3, -0.25) is 0 Å². The van der Waals surface area contributed by atoms with Crippen molar-refractivity contribution < 1.29 is 15.3 Å². The molecule has 0 aromatic carbocycles. The van der Waals surface area contributed by atoms with Gasteiger partial charge in [0, 0.05) is 5.41 Å².